The van der Waals surface area contributed by atoms with E-state index in [1.807, 2.05) is 6.07 Å². The quantitative estimate of drug-likeness (QED) is 0.116. The molecular formula is C29H27F3N2O6. The topological polar surface area (TPSA) is 142 Å². The van der Waals surface area contributed by atoms with E-state index in [2.05, 4.69) is 0 Å². The van der Waals surface area contributed by atoms with Gasteiger partial charge >= 0.3 is 24.1 Å². The molecule has 0 fully saturated rings. The maximum atomic E-state index is 12.5. The third-order valence-corrected chi connectivity index (χ3v) is 5.73. The number of carbonyl (C=O) groups is 3. The van der Waals surface area contributed by atoms with E-state index in [1.165, 1.54) is 36.4 Å². The van der Waals surface area contributed by atoms with Crippen LogP contribution in [0.3, 0.4) is 0 Å². The molecule has 3 aromatic carbocycles. The lowest BCUT2D eigenvalue weighted by molar-refractivity contribution is -0.151. The van der Waals surface area contributed by atoms with E-state index >= 15 is 0 Å². The molecule has 210 valence electrons. The Morgan fingerprint density at radius 2 is 1.43 bits per heavy atom. The van der Waals surface area contributed by atoms with Crippen LogP contribution >= 0.6 is 0 Å². The molecule has 0 unspecified atom stereocenters. The molecule has 11 heteroatoms. The Kier molecular flexibility index (Phi) is 9.91. The monoisotopic (exact) mass is 556 g/mol. The van der Waals surface area contributed by atoms with E-state index in [4.69, 9.17) is 20.9 Å². The van der Waals surface area contributed by atoms with Crippen molar-refractivity contribution in [3.05, 3.63) is 89.5 Å². The molecule has 0 heterocycles. The average molecular weight is 557 g/mol. The summed E-state index contributed by atoms with van der Waals surface area (Å²) in [7, 11) is 0. The Hall–Kier alpha value is -4.80. The lowest BCUT2D eigenvalue weighted by Crippen LogP contribution is -2.14. The zero-order valence-corrected chi connectivity index (χ0v) is 21.2. The number of rotatable bonds is 11. The van der Waals surface area contributed by atoms with Crippen molar-refractivity contribution >= 4 is 34.9 Å². The normalized spacial score (nSPS) is 11.6. The number of hydrogen-bond acceptors (Lipinski definition) is 7. The summed E-state index contributed by atoms with van der Waals surface area (Å²) in [5.41, 5.74) is 15.1. The minimum Gasteiger partial charge on any atom is -0.478 e. The molecule has 0 aliphatic rings. The summed E-state index contributed by atoms with van der Waals surface area (Å²) in [6.07, 6.45) is -3.72. The number of aliphatic carboxylic acids is 1. The fraction of sp³-hybridized carbons (Fsp3) is 0.207. The van der Waals surface area contributed by atoms with Crippen molar-refractivity contribution in [2.45, 2.75) is 38.3 Å². The van der Waals surface area contributed by atoms with E-state index in [9.17, 15) is 32.7 Å². The first-order valence-corrected chi connectivity index (χ1v) is 12.2. The summed E-state index contributed by atoms with van der Waals surface area (Å²) >= 11 is 0. The molecule has 0 aliphatic carbocycles. The lowest BCUT2D eigenvalue weighted by Gasteiger charge is -2.11. The highest BCUT2D eigenvalue weighted by molar-refractivity contribution is 5.92. The van der Waals surface area contributed by atoms with Gasteiger partial charge in [-0.1, -0.05) is 18.2 Å². The Balaban J connectivity index is 1.58. The smallest absolute Gasteiger partial charge is 0.389 e. The number of halogens is 3. The molecule has 8 nitrogen and oxygen atoms in total. The number of anilines is 2. The van der Waals surface area contributed by atoms with Crippen molar-refractivity contribution in [2.24, 2.45) is 0 Å². The molecule has 0 bridgehead atoms. The van der Waals surface area contributed by atoms with Gasteiger partial charge in [0.05, 0.1) is 18.4 Å². The second-order valence-corrected chi connectivity index (χ2v) is 8.85. The first-order chi connectivity index (χ1) is 18.9. The molecular weight excluding hydrogens is 529 g/mol. The fourth-order valence-corrected chi connectivity index (χ4v) is 3.75. The van der Waals surface area contributed by atoms with Crippen molar-refractivity contribution in [3.63, 3.8) is 0 Å². The van der Waals surface area contributed by atoms with Gasteiger partial charge in [0.25, 0.3) is 0 Å². The summed E-state index contributed by atoms with van der Waals surface area (Å²) in [5.74, 6) is -2.65. The molecule has 0 radical (unpaired) electrons. The van der Waals surface area contributed by atoms with Crippen molar-refractivity contribution in [2.75, 3.05) is 11.5 Å². The second-order valence-electron chi connectivity index (χ2n) is 8.85. The summed E-state index contributed by atoms with van der Waals surface area (Å²) in [6, 6.07) is 16.8. The predicted octanol–water partition coefficient (Wildman–Crippen LogP) is 5.81. The maximum Gasteiger partial charge on any atom is 0.389 e. The van der Waals surface area contributed by atoms with Gasteiger partial charge in [0.2, 0.25) is 0 Å². The number of carboxylic acids is 1. The molecule has 0 aliphatic heterocycles. The van der Waals surface area contributed by atoms with Crippen LogP contribution < -0.4 is 20.9 Å². The third kappa shape index (κ3) is 9.50. The first kappa shape index (κ1) is 29.8. The Morgan fingerprint density at radius 1 is 0.825 bits per heavy atom. The van der Waals surface area contributed by atoms with E-state index in [0.717, 1.165) is 11.6 Å². The van der Waals surface area contributed by atoms with Crippen LogP contribution in [0.1, 0.15) is 47.2 Å². The third-order valence-electron chi connectivity index (χ3n) is 5.73. The Morgan fingerprint density at radius 3 is 2.00 bits per heavy atom. The van der Waals surface area contributed by atoms with Crippen LogP contribution in [0.15, 0.2) is 72.8 Å². The Labute approximate surface area is 228 Å². The van der Waals surface area contributed by atoms with Crippen LogP contribution in [0.5, 0.6) is 11.5 Å². The molecule has 0 atom stereocenters. The molecule has 5 N–H and O–H groups in total. The highest BCUT2D eigenvalue weighted by atomic mass is 19.4. The largest absolute Gasteiger partial charge is 0.478 e. The van der Waals surface area contributed by atoms with Crippen LogP contribution in [0, 0.1) is 0 Å². The second kappa shape index (κ2) is 13.3. The number of carbonyl (C=O) groups excluding carboxylic acids is 2. The van der Waals surface area contributed by atoms with E-state index in [0.29, 0.717) is 41.8 Å². The number of alkyl halides is 3. The number of ether oxygens (including phenoxy) is 2. The number of hydrogen-bond donors (Lipinski definition) is 3. The van der Waals surface area contributed by atoms with Crippen molar-refractivity contribution in [1.29, 1.82) is 0 Å². The van der Waals surface area contributed by atoms with Gasteiger partial charge in [0.1, 0.15) is 11.5 Å². The molecule has 3 aromatic rings. The minimum absolute atomic E-state index is 0.00935. The minimum atomic E-state index is -4.47. The summed E-state index contributed by atoms with van der Waals surface area (Å²) < 4.78 is 46.9. The van der Waals surface area contributed by atoms with Gasteiger partial charge in [-0.2, -0.15) is 13.2 Å². The molecule has 3 rings (SSSR count). The average Bonchev–Trinajstić information content (AvgIpc) is 2.88. The van der Waals surface area contributed by atoms with Crippen LogP contribution in [0.2, 0.25) is 0 Å². The van der Waals surface area contributed by atoms with Crippen LogP contribution in [0.4, 0.5) is 24.5 Å². The molecule has 0 saturated carbocycles. The number of carboxylic acid groups (broad SMARTS) is 1. The molecule has 0 spiro atoms. The van der Waals surface area contributed by atoms with Crippen LogP contribution in [-0.2, 0) is 16.0 Å². The number of nitrogen functional groups attached to an aromatic ring is 2. The maximum absolute atomic E-state index is 12.5. The van der Waals surface area contributed by atoms with Gasteiger partial charge in [-0.3, -0.25) is 4.79 Å². The lowest BCUT2D eigenvalue weighted by atomic mass is 9.97. The number of benzene rings is 3. The number of aryl methyl sites for hydroxylation is 1. The molecule has 0 aromatic heterocycles. The number of nitrogens with two attached hydrogens (primary N) is 2. The summed E-state index contributed by atoms with van der Waals surface area (Å²) in [6.45, 7) is 0. The standard InChI is InChI=1S/C29H27F3N2O6/c30-29(31,32)15-14-27(37)39-23-12-7-20(8-13-23)28(38)40-24-10-5-18(6-11-24)21(16-26(35)36)3-1-2-19-4-9-22(33)17-25(19)34/h4-13,16-17H,1-3,14-15,33-34H2,(H,35,36)/b21-16+. The van der Waals surface area contributed by atoms with Crippen molar-refractivity contribution < 1.29 is 42.1 Å². The van der Waals surface area contributed by atoms with Crippen LogP contribution in [0.25, 0.3) is 5.57 Å². The fourth-order valence-electron chi connectivity index (χ4n) is 3.75. The first-order valence-electron chi connectivity index (χ1n) is 12.2. The zero-order valence-electron chi connectivity index (χ0n) is 21.2. The van der Waals surface area contributed by atoms with Gasteiger partial charge in [-0.25, -0.2) is 9.59 Å². The Bertz CT molecular complexity index is 1380. The zero-order chi connectivity index (χ0) is 29.3. The van der Waals surface area contributed by atoms with E-state index in [-0.39, 0.29) is 17.1 Å². The molecule has 0 amide bonds. The summed E-state index contributed by atoms with van der Waals surface area (Å²) in [5, 5.41) is 9.31. The van der Waals surface area contributed by atoms with Gasteiger partial charge in [-0.15, -0.1) is 0 Å². The number of allylic oxidation sites excluding steroid dienone is 1. The van der Waals surface area contributed by atoms with E-state index < -0.39 is 36.9 Å². The van der Waals surface area contributed by atoms with Gasteiger partial charge < -0.3 is 26.0 Å². The summed E-state index contributed by atoms with van der Waals surface area (Å²) in [4.78, 5) is 35.4. The van der Waals surface area contributed by atoms with Crippen LogP contribution in [-0.4, -0.2) is 29.2 Å². The van der Waals surface area contributed by atoms with Crippen molar-refractivity contribution in [3.8, 4) is 11.5 Å². The SMILES string of the molecule is Nc1ccc(CCC/C(=C\C(=O)O)c2ccc(OC(=O)c3ccc(OC(=O)CCC(F)(F)F)cc3)cc2)c(N)c1. The molecule has 0 saturated heterocycles. The van der Waals surface area contributed by atoms with Gasteiger partial charge in [0.15, 0.2) is 0 Å². The number of esters is 2. The van der Waals surface area contributed by atoms with Crippen molar-refractivity contribution in [1.82, 2.24) is 0 Å². The predicted molar refractivity (Wildman–Crippen MR) is 143 cm³/mol. The highest BCUT2D eigenvalue weighted by Crippen LogP contribution is 2.26. The molecule has 40 heavy (non-hydrogen) atoms. The van der Waals surface area contributed by atoms with Gasteiger partial charge in [0, 0.05) is 17.5 Å². The van der Waals surface area contributed by atoms with E-state index in [1.54, 1.807) is 24.3 Å². The van der Waals surface area contributed by atoms with Gasteiger partial charge in [-0.05, 0) is 84.5 Å². The highest BCUT2D eigenvalue weighted by Gasteiger charge is 2.28.